The lowest BCUT2D eigenvalue weighted by Crippen LogP contribution is -2.46. The van der Waals surface area contributed by atoms with Crippen molar-refractivity contribution in [3.05, 3.63) is 29.6 Å². The minimum atomic E-state index is -0.606. The summed E-state index contributed by atoms with van der Waals surface area (Å²) in [6.45, 7) is 6.36. The van der Waals surface area contributed by atoms with Gasteiger partial charge in [-0.1, -0.05) is 19.4 Å². The summed E-state index contributed by atoms with van der Waals surface area (Å²) in [4.78, 5) is 4.50. The highest BCUT2D eigenvalue weighted by Gasteiger charge is 2.34. The lowest BCUT2D eigenvalue weighted by atomic mass is 9.67. The van der Waals surface area contributed by atoms with Gasteiger partial charge in [0, 0.05) is 13.1 Å². The summed E-state index contributed by atoms with van der Waals surface area (Å²) in [5.74, 6) is -0.173. The molecule has 1 aromatic rings. The number of nitrogens with zero attached hydrogens (tertiary/aromatic N) is 1. The molecule has 0 bridgehead atoms. The van der Waals surface area contributed by atoms with Gasteiger partial charge in [-0.3, -0.25) is 0 Å². The van der Waals surface area contributed by atoms with Crippen LogP contribution in [0.3, 0.4) is 0 Å². The highest BCUT2D eigenvalue weighted by molar-refractivity contribution is 5.79. The Labute approximate surface area is 131 Å². The molecule has 0 unspecified atom stereocenters. The van der Waals surface area contributed by atoms with Crippen molar-refractivity contribution < 1.29 is 9.50 Å². The van der Waals surface area contributed by atoms with Crippen molar-refractivity contribution >= 4 is 5.96 Å². The second-order valence-corrected chi connectivity index (χ2v) is 6.04. The zero-order valence-corrected chi connectivity index (χ0v) is 13.5. The quantitative estimate of drug-likeness (QED) is 0.559. The topological polar surface area (TPSA) is 56.7 Å². The third kappa shape index (κ3) is 4.12. The van der Waals surface area contributed by atoms with Crippen LogP contribution in [0.25, 0.3) is 0 Å². The van der Waals surface area contributed by atoms with Crippen molar-refractivity contribution in [2.75, 3.05) is 13.1 Å². The number of hydrogen-bond donors (Lipinski definition) is 3. The molecule has 0 saturated heterocycles. The Morgan fingerprint density at radius 2 is 2.09 bits per heavy atom. The van der Waals surface area contributed by atoms with E-state index in [1.165, 1.54) is 37.8 Å². The molecular weight excluding hydrogens is 281 g/mol. The van der Waals surface area contributed by atoms with Crippen LogP contribution in [0.2, 0.25) is 0 Å². The number of aliphatic imine (C=N–C) groups is 1. The van der Waals surface area contributed by atoms with E-state index >= 15 is 0 Å². The zero-order chi connectivity index (χ0) is 16.0. The fourth-order valence-corrected chi connectivity index (χ4v) is 2.76. The molecule has 1 fully saturated rings. The van der Waals surface area contributed by atoms with E-state index in [0.717, 1.165) is 24.6 Å². The molecule has 0 radical (unpaired) electrons. The molecule has 1 aliphatic carbocycles. The summed E-state index contributed by atoms with van der Waals surface area (Å²) in [5.41, 5.74) is 1.15. The molecular formula is C17H26FN3O. The van der Waals surface area contributed by atoms with Gasteiger partial charge in [-0.15, -0.1) is 0 Å². The number of phenols is 1. The van der Waals surface area contributed by atoms with Crippen LogP contribution in [-0.4, -0.2) is 24.2 Å². The van der Waals surface area contributed by atoms with Gasteiger partial charge in [0.15, 0.2) is 17.5 Å². The zero-order valence-electron chi connectivity index (χ0n) is 13.5. The third-order valence-electron chi connectivity index (χ3n) is 4.57. The molecule has 1 saturated carbocycles. The summed E-state index contributed by atoms with van der Waals surface area (Å²) in [6.07, 6.45) is 5.05. The van der Waals surface area contributed by atoms with Crippen LogP contribution in [-0.2, 0) is 6.54 Å². The number of hydrogen-bond acceptors (Lipinski definition) is 2. The van der Waals surface area contributed by atoms with Crippen LogP contribution >= 0.6 is 0 Å². The first-order chi connectivity index (χ1) is 10.6. The van der Waals surface area contributed by atoms with Crippen molar-refractivity contribution in [1.82, 2.24) is 10.6 Å². The van der Waals surface area contributed by atoms with E-state index in [1.54, 1.807) is 6.07 Å². The maximum absolute atomic E-state index is 13.3. The van der Waals surface area contributed by atoms with Gasteiger partial charge in [-0.25, -0.2) is 9.38 Å². The van der Waals surface area contributed by atoms with Crippen LogP contribution < -0.4 is 10.6 Å². The minimum Gasteiger partial charge on any atom is -0.505 e. The second kappa shape index (κ2) is 7.47. The molecule has 5 heteroatoms. The SMILES string of the molecule is CCNC(=NCc1ccc(O)c(F)c1)NCC1(CC)CCC1. The lowest BCUT2D eigenvalue weighted by Gasteiger charge is -2.41. The minimum absolute atomic E-state index is 0.326. The van der Waals surface area contributed by atoms with E-state index in [9.17, 15) is 9.50 Å². The molecule has 0 aliphatic heterocycles. The lowest BCUT2D eigenvalue weighted by molar-refractivity contribution is 0.131. The largest absolute Gasteiger partial charge is 0.505 e. The highest BCUT2D eigenvalue weighted by Crippen LogP contribution is 2.42. The van der Waals surface area contributed by atoms with Crippen LogP contribution in [0, 0.1) is 11.2 Å². The maximum atomic E-state index is 13.3. The Hall–Kier alpha value is -1.78. The standard InChI is InChI=1S/C17H26FN3O/c1-3-17(8-5-9-17)12-21-16(19-4-2)20-11-13-6-7-15(22)14(18)10-13/h6-7,10,22H,3-5,8-9,11-12H2,1-2H3,(H2,19,20,21). The molecule has 0 aromatic heterocycles. The van der Waals surface area contributed by atoms with E-state index in [-0.39, 0.29) is 5.75 Å². The molecule has 122 valence electrons. The molecule has 1 aromatic carbocycles. The molecule has 3 N–H and O–H groups in total. The Balaban J connectivity index is 1.95. The molecule has 2 rings (SSSR count). The van der Waals surface area contributed by atoms with Crippen LogP contribution in [0.5, 0.6) is 5.75 Å². The predicted octanol–water partition coefficient (Wildman–Crippen LogP) is 3.17. The van der Waals surface area contributed by atoms with Crippen molar-refractivity contribution in [3.63, 3.8) is 0 Å². The smallest absolute Gasteiger partial charge is 0.191 e. The number of rotatable bonds is 6. The highest BCUT2D eigenvalue weighted by atomic mass is 19.1. The normalized spacial score (nSPS) is 17.0. The Kier molecular flexibility index (Phi) is 5.63. The fraction of sp³-hybridized carbons (Fsp3) is 0.588. The van der Waals surface area contributed by atoms with E-state index in [0.29, 0.717) is 12.0 Å². The number of aromatic hydroxyl groups is 1. The number of guanidine groups is 1. The fourth-order valence-electron chi connectivity index (χ4n) is 2.76. The van der Waals surface area contributed by atoms with E-state index in [4.69, 9.17) is 0 Å². The Morgan fingerprint density at radius 1 is 1.32 bits per heavy atom. The van der Waals surface area contributed by atoms with Crippen molar-refractivity contribution in [2.24, 2.45) is 10.4 Å². The summed E-state index contributed by atoms with van der Waals surface area (Å²) in [7, 11) is 0. The number of halogens is 1. The van der Waals surface area contributed by atoms with E-state index < -0.39 is 5.82 Å². The van der Waals surface area contributed by atoms with Crippen molar-refractivity contribution in [3.8, 4) is 5.75 Å². The summed E-state index contributed by atoms with van der Waals surface area (Å²) in [5, 5.41) is 15.8. The first-order valence-electron chi connectivity index (χ1n) is 8.08. The Bertz CT molecular complexity index is 521. The first-order valence-corrected chi connectivity index (χ1v) is 8.08. The maximum Gasteiger partial charge on any atom is 0.191 e. The molecule has 0 heterocycles. The van der Waals surface area contributed by atoms with Crippen molar-refractivity contribution in [2.45, 2.75) is 46.1 Å². The van der Waals surface area contributed by atoms with Gasteiger partial charge < -0.3 is 15.7 Å². The average Bonchev–Trinajstić information content (AvgIpc) is 2.47. The summed E-state index contributed by atoms with van der Waals surface area (Å²) < 4.78 is 13.3. The number of phenolic OH excluding ortho intramolecular Hbond substituents is 1. The van der Waals surface area contributed by atoms with Gasteiger partial charge in [0.25, 0.3) is 0 Å². The molecule has 0 atom stereocenters. The summed E-state index contributed by atoms with van der Waals surface area (Å²) >= 11 is 0. The van der Waals surface area contributed by atoms with Crippen LogP contribution in [0.1, 0.15) is 45.1 Å². The van der Waals surface area contributed by atoms with Gasteiger partial charge in [-0.2, -0.15) is 0 Å². The predicted molar refractivity (Wildman–Crippen MR) is 87.5 cm³/mol. The van der Waals surface area contributed by atoms with Gasteiger partial charge in [0.1, 0.15) is 0 Å². The number of nitrogens with one attached hydrogen (secondary N) is 2. The van der Waals surface area contributed by atoms with Crippen molar-refractivity contribution in [1.29, 1.82) is 0 Å². The molecule has 22 heavy (non-hydrogen) atoms. The molecule has 1 aliphatic rings. The van der Waals surface area contributed by atoms with E-state index in [2.05, 4.69) is 22.5 Å². The molecule has 0 spiro atoms. The van der Waals surface area contributed by atoms with Gasteiger partial charge in [0.05, 0.1) is 6.54 Å². The second-order valence-electron chi connectivity index (χ2n) is 6.04. The van der Waals surface area contributed by atoms with E-state index in [1.807, 2.05) is 6.92 Å². The first kappa shape index (κ1) is 16.6. The molecule has 0 amide bonds. The number of benzene rings is 1. The molecule has 4 nitrogen and oxygen atoms in total. The summed E-state index contributed by atoms with van der Waals surface area (Å²) in [6, 6.07) is 4.37. The van der Waals surface area contributed by atoms with Gasteiger partial charge in [-0.05, 0) is 49.3 Å². The third-order valence-corrected chi connectivity index (χ3v) is 4.57. The van der Waals surface area contributed by atoms with Crippen LogP contribution in [0.4, 0.5) is 4.39 Å². The Morgan fingerprint density at radius 3 is 2.64 bits per heavy atom. The monoisotopic (exact) mass is 307 g/mol. The van der Waals surface area contributed by atoms with Gasteiger partial charge >= 0.3 is 0 Å². The average molecular weight is 307 g/mol. The van der Waals surface area contributed by atoms with Crippen LogP contribution in [0.15, 0.2) is 23.2 Å². The van der Waals surface area contributed by atoms with Gasteiger partial charge in [0.2, 0.25) is 0 Å².